The highest BCUT2D eigenvalue weighted by atomic mass is 35.5. The first-order valence-electron chi connectivity index (χ1n) is 10.4. The van der Waals surface area contributed by atoms with Crippen LogP contribution in [0.4, 0.5) is 5.69 Å². The van der Waals surface area contributed by atoms with Gasteiger partial charge in [-0.05, 0) is 49.8 Å². The van der Waals surface area contributed by atoms with Crippen molar-refractivity contribution >= 4 is 23.2 Å². The summed E-state index contributed by atoms with van der Waals surface area (Å²) in [6, 6.07) is 8.22. The molecule has 6 heteroatoms. The average molecular weight is 403 g/mol. The van der Waals surface area contributed by atoms with Gasteiger partial charge in [0.1, 0.15) is 6.07 Å². The third kappa shape index (κ3) is 5.40. The summed E-state index contributed by atoms with van der Waals surface area (Å²) in [6.45, 7) is 9.20. The summed E-state index contributed by atoms with van der Waals surface area (Å²) in [4.78, 5) is 16.6. The number of benzene rings is 1. The lowest BCUT2D eigenvalue weighted by Crippen LogP contribution is -2.48. The number of nitrogens with zero attached hydrogens (tertiary/aromatic N) is 3. The molecule has 1 aromatic carbocycles. The van der Waals surface area contributed by atoms with Crippen LogP contribution in [0.5, 0.6) is 0 Å². The van der Waals surface area contributed by atoms with Crippen LogP contribution >= 0.6 is 11.6 Å². The molecule has 0 radical (unpaired) electrons. The van der Waals surface area contributed by atoms with E-state index in [1.807, 2.05) is 12.1 Å². The number of anilines is 1. The SMILES string of the molecule is CC(C)CC(=O)NC1CC(CCN2CCN(c3cccc(C#N)c3Cl)CC2)C1. The van der Waals surface area contributed by atoms with Crippen LogP contribution in [0, 0.1) is 23.2 Å². The molecule has 1 heterocycles. The van der Waals surface area contributed by atoms with Crippen molar-refractivity contribution in [2.24, 2.45) is 11.8 Å². The minimum atomic E-state index is 0.203. The van der Waals surface area contributed by atoms with Crippen molar-refractivity contribution in [3.05, 3.63) is 28.8 Å². The van der Waals surface area contributed by atoms with Gasteiger partial charge in [-0.3, -0.25) is 9.69 Å². The number of carbonyl (C=O) groups is 1. The van der Waals surface area contributed by atoms with Crippen LogP contribution in [0.3, 0.4) is 0 Å². The molecule has 1 N–H and O–H groups in total. The Balaban J connectivity index is 1.35. The minimum absolute atomic E-state index is 0.203. The molecule has 0 aromatic heterocycles. The average Bonchev–Trinajstić information content (AvgIpc) is 2.63. The number of nitriles is 1. The van der Waals surface area contributed by atoms with Gasteiger partial charge in [0, 0.05) is 38.6 Å². The lowest BCUT2D eigenvalue weighted by Gasteiger charge is -2.40. The Bertz CT molecular complexity index is 716. The summed E-state index contributed by atoms with van der Waals surface area (Å²) in [7, 11) is 0. The highest BCUT2D eigenvalue weighted by Gasteiger charge is 2.30. The monoisotopic (exact) mass is 402 g/mol. The summed E-state index contributed by atoms with van der Waals surface area (Å²) in [5.74, 6) is 1.37. The van der Waals surface area contributed by atoms with Crippen LogP contribution in [0.1, 0.15) is 45.1 Å². The van der Waals surface area contributed by atoms with Gasteiger partial charge in [-0.1, -0.05) is 31.5 Å². The number of amides is 1. The quantitative estimate of drug-likeness (QED) is 0.756. The van der Waals surface area contributed by atoms with Crippen LogP contribution in [0.15, 0.2) is 18.2 Å². The second-order valence-corrected chi connectivity index (χ2v) is 8.95. The van der Waals surface area contributed by atoms with Gasteiger partial charge in [0.25, 0.3) is 0 Å². The predicted molar refractivity (Wildman–Crippen MR) is 114 cm³/mol. The van der Waals surface area contributed by atoms with Crippen molar-refractivity contribution in [1.29, 1.82) is 5.26 Å². The van der Waals surface area contributed by atoms with E-state index in [9.17, 15) is 4.79 Å². The smallest absolute Gasteiger partial charge is 0.220 e. The summed E-state index contributed by atoms with van der Waals surface area (Å²) >= 11 is 6.38. The highest BCUT2D eigenvalue weighted by molar-refractivity contribution is 6.34. The Hall–Kier alpha value is -1.77. The molecule has 3 rings (SSSR count). The van der Waals surface area contributed by atoms with Gasteiger partial charge in [-0.15, -0.1) is 0 Å². The van der Waals surface area contributed by atoms with E-state index in [1.54, 1.807) is 6.07 Å². The molecule has 0 spiro atoms. The molecule has 1 saturated carbocycles. The maximum Gasteiger partial charge on any atom is 0.220 e. The van der Waals surface area contributed by atoms with Crippen LogP contribution in [-0.4, -0.2) is 49.6 Å². The summed E-state index contributed by atoms with van der Waals surface area (Å²) < 4.78 is 0. The summed E-state index contributed by atoms with van der Waals surface area (Å²) in [5.41, 5.74) is 1.51. The minimum Gasteiger partial charge on any atom is -0.368 e. The molecule has 152 valence electrons. The molecule has 2 aliphatic rings. The number of hydrogen-bond acceptors (Lipinski definition) is 4. The van der Waals surface area contributed by atoms with Crippen LogP contribution < -0.4 is 10.2 Å². The highest BCUT2D eigenvalue weighted by Crippen LogP contribution is 2.32. The van der Waals surface area contributed by atoms with E-state index in [1.165, 1.54) is 6.42 Å². The molecular formula is C22H31ClN4O. The summed E-state index contributed by atoms with van der Waals surface area (Å²) in [5, 5.41) is 12.9. The topological polar surface area (TPSA) is 59.4 Å². The van der Waals surface area contributed by atoms with Crippen LogP contribution in [-0.2, 0) is 4.79 Å². The van der Waals surface area contributed by atoms with Gasteiger partial charge < -0.3 is 10.2 Å². The Kier molecular flexibility index (Phi) is 7.20. The number of carbonyl (C=O) groups excluding carboxylic acids is 1. The number of piperazine rings is 1. The Labute approximate surface area is 173 Å². The second kappa shape index (κ2) is 9.62. The fourth-order valence-corrected chi connectivity index (χ4v) is 4.46. The fraction of sp³-hybridized carbons (Fsp3) is 0.636. The molecule has 5 nitrogen and oxygen atoms in total. The maximum absolute atomic E-state index is 11.8. The Morgan fingerprint density at radius 2 is 2.00 bits per heavy atom. The molecule has 0 atom stereocenters. The zero-order valence-corrected chi connectivity index (χ0v) is 17.7. The largest absolute Gasteiger partial charge is 0.368 e. The third-order valence-electron chi connectivity index (χ3n) is 5.86. The Morgan fingerprint density at radius 1 is 1.29 bits per heavy atom. The van der Waals surface area contributed by atoms with Crippen molar-refractivity contribution in [1.82, 2.24) is 10.2 Å². The van der Waals surface area contributed by atoms with Crippen molar-refractivity contribution in [2.75, 3.05) is 37.6 Å². The first-order valence-corrected chi connectivity index (χ1v) is 10.8. The normalized spacial score (nSPS) is 22.6. The van der Waals surface area contributed by atoms with E-state index in [-0.39, 0.29) is 5.91 Å². The van der Waals surface area contributed by atoms with Crippen LogP contribution in [0.2, 0.25) is 5.02 Å². The van der Waals surface area contributed by atoms with E-state index >= 15 is 0 Å². The molecular weight excluding hydrogens is 372 g/mol. The lowest BCUT2D eigenvalue weighted by atomic mass is 9.78. The van der Waals surface area contributed by atoms with Gasteiger partial charge in [-0.2, -0.15) is 5.26 Å². The zero-order chi connectivity index (χ0) is 20.1. The molecule has 1 aromatic rings. The standard InChI is InChI=1S/C22H31ClN4O/c1-16(2)12-21(28)25-19-13-17(14-19)6-7-26-8-10-27(11-9-26)20-5-3-4-18(15-24)22(20)23/h3-5,16-17,19H,6-14H2,1-2H3,(H,25,28). The number of rotatable bonds is 7. The van der Waals surface area contributed by atoms with Crippen molar-refractivity contribution in [3.63, 3.8) is 0 Å². The number of nitrogens with one attached hydrogen (secondary N) is 1. The van der Waals surface area contributed by atoms with E-state index < -0.39 is 0 Å². The molecule has 1 saturated heterocycles. The molecule has 1 aliphatic carbocycles. The molecule has 1 amide bonds. The molecule has 28 heavy (non-hydrogen) atoms. The molecule has 0 unspecified atom stereocenters. The van der Waals surface area contributed by atoms with Gasteiger partial charge in [-0.25, -0.2) is 0 Å². The number of halogens is 1. The van der Waals surface area contributed by atoms with E-state index in [4.69, 9.17) is 16.9 Å². The van der Waals surface area contributed by atoms with Crippen molar-refractivity contribution < 1.29 is 4.79 Å². The van der Waals surface area contributed by atoms with Gasteiger partial charge >= 0.3 is 0 Å². The molecule has 2 fully saturated rings. The van der Waals surface area contributed by atoms with Gasteiger partial charge in [0.15, 0.2) is 0 Å². The van der Waals surface area contributed by atoms with Gasteiger partial charge in [0.2, 0.25) is 5.91 Å². The first-order chi connectivity index (χ1) is 13.5. The van der Waals surface area contributed by atoms with E-state index in [0.717, 1.165) is 57.2 Å². The Morgan fingerprint density at radius 3 is 2.64 bits per heavy atom. The second-order valence-electron chi connectivity index (χ2n) is 8.57. The van der Waals surface area contributed by atoms with E-state index in [0.29, 0.717) is 29.0 Å². The van der Waals surface area contributed by atoms with Gasteiger partial charge in [0.05, 0.1) is 16.3 Å². The predicted octanol–water partition coefficient (Wildman–Crippen LogP) is 3.66. The maximum atomic E-state index is 11.8. The van der Waals surface area contributed by atoms with Crippen LogP contribution in [0.25, 0.3) is 0 Å². The number of hydrogen-bond donors (Lipinski definition) is 1. The first kappa shape index (κ1) is 21.0. The van der Waals surface area contributed by atoms with E-state index in [2.05, 4.69) is 35.0 Å². The van der Waals surface area contributed by atoms with Crippen molar-refractivity contribution in [3.8, 4) is 6.07 Å². The zero-order valence-electron chi connectivity index (χ0n) is 17.0. The summed E-state index contributed by atoms with van der Waals surface area (Å²) in [6.07, 6.45) is 4.09. The lowest BCUT2D eigenvalue weighted by molar-refractivity contribution is -0.123. The third-order valence-corrected chi connectivity index (χ3v) is 6.26. The molecule has 0 bridgehead atoms. The molecule has 1 aliphatic heterocycles. The fourth-order valence-electron chi connectivity index (χ4n) is 4.17. The van der Waals surface area contributed by atoms with Crippen molar-refractivity contribution in [2.45, 2.75) is 45.6 Å².